The Bertz CT molecular complexity index is 409. The summed E-state index contributed by atoms with van der Waals surface area (Å²) in [5.41, 5.74) is 0. The molecule has 1 heterocycles. The molecule has 0 atom stereocenters. The lowest BCUT2D eigenvalue weighted by atomic mass is 10.4. The Morgan fingerprint density at radius 2 is 1.36 bits per heavy atom. The maximum atomic E-state index is 10.5. The monoisotopic (exact) mass is 580 g/mol. The van der Waals surface area contributed by atoms with Crippen LogP contribution in [0.15, 0.2) is 0 Å². The molecule has 1 aliphatic rings. The Morgan fingerprint density at radius 1 is 1.17 bits per heavy atom. The van der Waals surface area contributed by atoms with Gasteiger partial charge in [0.05, 0.1) is 24.6 Å². The largest absolute Gasteiger partial charge is 0.481 e. The molecule has 36 heavy (non-hydrogen) atoms. The van der Waals surface area contributed by atoms with E-state index in [0.717, 1.165) is 26.5 Å². The highest BCUT2D eigenvalue weighted by Crippen LogP contribution is 2.11. The van der Waals surface area contributed by atoms with Gasteiger partial charge in [0, 0.05) is 61.5 Å². The van der Waals surface area contributed by atoms with Crippen LogP contribution in [0.2, 0.25) is 0 Å². The summed E-state index contributed by atoms with van der Waals surface area (Å²) in [6, 6.07) is 1.75. The number of aliphatic hydroxyl groups excluding tert-OH is 2. The number of aliphatic carboxylic acids is 1. The van der Waals surface area contributed by atoms with Crippen molar-refractivity contribution in [1.29, 1.82) is 5.26 Å². The second-order valence-electron chi connectivity index (χ2n) is 6.08. The number of amides is 1. The minimum atomic E-state index is -4.40. The molecule has 1 amide bonds. The van der Waals surface area contributed by atoms with Gasteiger partial charge >= 0.3 is 6.18 Å². The molecule has 0 unspecified atom stereocenters. The van der Waals surface area contributed by atoms with Crippen molar-refractivity contribution in [2.45, 2.75) is 52.8 Å². The van der Waals surface area contributed by atoms with E-state index in [4.69, 9.17) is 53.3 Å². The zero-order chi connectivity index (χ0) is 30.4. The first-order chi connectivity index (χ1) is 16.5. The smallest absolute Gasteiger partial charge is 0.411 e. The number of carbonyl (C=O) groups excluding carboxylic acids is 1. The van der Waals surface area contributed by atoms with E-state index in [1.165, 1.54) is 24.7 Å². The van der Waals surface area contributed by atoms with Crippen molar-refractivity contribution < 1.29 is 52.3 Å². The van der Waals surface area contributed by atoms with Gasteiger partial charge in [-0.2, -0.15) is 18.4 Å². The number of rotatable bonds is 4. The average Bonchev–Trinajstić information content (AvgIpc) is 3.33. The Kier molecular flexibility index (Phi) is 71.9. The first kappa shape index (κ1) is 51.3. The molecule has 0 aliphatic carbocycles. The summed E-state index contributed by atoms with van der Waals surface area (Å²) in [6.07, 6.45) is -1.26. The highest BCUT2D eigenvalue weighted by Gasteiger charge is 2.24. The summed E-state index contributed by atoms with van der Waals surface area (Å²) in [6.45, 7) is 7.61. The van der Waals surface area contributed by atoms with Crippen molar-refractivity contribution in [3.8, 4) is 6.07 Å². The normalized spacial score (nSPS) is 10.2. The first-order valence-electron chi connectivity index (χ1n) is 10.2. The molecule has 0 aromatic heterocycles. The molecule has 0 bridgehead atoms. The zero-order valence-corrected chi connectivity index (χ0v) is 24.0. The van der Waals surface area contributed by atoms with Crippen LogP contribution >= 0.6 is 23.2 Å². The number of nitriles is 1. The van der Waals surface area contributed by atoms with Gasteiger partial charge in [0.2, 0.25) is 6.41 Å². The van der Waals surface area contributed by atoms with E-state index in [1.54, 1.807) is 48.2 Å². The number of carboxylic acid groups (broad SMARTS) is 1. The molecule has 1 fully saturated rings. The summed E-state index contributed by atoms with van der Waals surface area (Å²) >= 11 is 9.53. The van der Waals surface area contributed by atoms with Crippen molar-refractivity contribution >= 4 is 35.6 Å². The fourth-order valence-corrected chi connectivity index (χ4v) is 0.677. The van der Waals surface area contributed by atoms with Crippen molar-refractivity contribution in [2.24, 2.45) is 0 Å². The molecule has 1 saturated heterocycles. The lowest BCUT2D eigenvalue weighted by Crippen LogP contribution is -2.12. The number of nitrogens with zero attached hydrogens (tertiary/aromatic N) is 2. The predicted molar refractivity (Wildman–Crippen MR) is 135 cm³/mol. The minimum absolute atomic E-state index is 0.167. The first-order valence-corrected chi connectivity index (χ1v) is 11.3. The van der Waals surface area contributed by atoms with Crippen LogP contribution in [0.25, 0.3) is 0 Å². The predicted octanol–water partition coefficient (Wildman–Crippen LogP) is 3.75. The standard InChI is InChI=1S/C4H10O2.C4H8O.C3H7NO.C3H8O.C2H3F3O.C2H3N.C2H4O2.CH2Cl2/c1-5-3-4-6-2;1-2-4-5-3-1;1-4(2)3-5;1-3(2)4;3-2(4,5)1-6;1-2-3;1-2(3)4;2-1-3/h3-4H2,1-2H3;1-4H2;3H,1-2H3;3-4H,1-2H3;6H,1H2;1H3;1H3,(H,3,4);1H2. The number of carbonyl (C=O) groups is 2. The van der Waals surface area contributed by atoms with Gasteiger partial charge in [0.1, 0.15) is 6.61 Å². The molecular weight excluding hydrogens is 536 g/mol. The molecule has 1 rings (SSSR count). The third-order valence-electron chi connectivity index (χ3n) is 1.71. The lowest BCUT2D eigenvalue weighted by molar-refractivity contribution is -0.159. The van der Waals surface area contributed by atoms with E-state index in [9.17, 15) is 18.0 Å². The second-order valence-corrected chi connectivity index (χ2v) is 6.89. The van der Waals surface area contributed by atoms with Gasteiger partial charge in [-0.05, 0) is 26.7 Å². The third-order valence-corrected chi connectivity index (χ3v) is 1.71. The number of aliphatic hydroxyl groups is 2. The number of hydrogen-bond donors (Lipinski definition) is 3. The van der Waals surface area contributed by atoms with E-state index in [1.807, 2.05) is 0 Å². The molecule has 1 aliphatic heterocycles. The molecule has 222 valence electrons. The van der Waals surface area contributed by atoms with Crippen molar-refractivity contribution in [1.82, 2.24) is 4.90 Å². The Balaban J connectivity index is -0.0000000541. The van der Waals surface area contributed by atoms with Crippen molar-refractivity contribution in [3.05, 3.63) is 0 Å². The molecule has 0 radical (unpaired) electrons. The molecule has 0 aromatic carbocycles. The fourth-order valence-electron chi connectivity index (χ4n) is 0.677. The molecule has 10 nitrogen and oxygen atoms in total. The molecule has 3 N–H and O–H groups in total. The molecule has 0 aromatic rings. The second kappa shape index (κ2) is 50.5. The summed E-state index contributed by atoms with van der Waals surface area (Å²) in [5.74, 6) is -0.833. The van der Waals surface area contributed by atoms with Gasteiger partial charge in [0.15, 0.2) is 0 Å². The topological polar surface area (TPSA) is 150 Å². The SMILES string of the molecule is C1CCOC1.CC#N.CC(=O)O.CC(C)O.CN(C)C=O.COCCOC.ClCCl.OCC(F)(F)F. The van der Waals surface area contributed by atoms with Crippen LogP contribution < -0.4 is 0 Å². The summed E-state index contributed by atoms with van der Waals surface area (Å²) in [7, 11) is 6.68. The van der Waals surface area contributed by atoms with Gasteiger partial charge in [-0.3, -0.25) is 9.59 Å². The number of halogens is 5. The Morgan fingerprint density at radius 3 is 1.42 bits per heavy atom. The molecule has 0 saturated carbocycles. The average molecular weight is 581 g/mol. The third kappa shape index (κ3) is 242. The number of ether oxygens (including phenoxy) is 3. The number of hydrogen-bond acceptors (Lipinski definition) is 8. The highest BCUT2D eigenvalue weighted by molar-refractivity contribution is 6.40. The van der Waals surface area contributed by atoms with Gasteiger partial charge in [-0.15, -0.1) is 23.2 Å². The van der Waals surface area contributed by atoms with Gasteiger partial charge in [-0.25, -0.2) is 0 Å². The Hall–Kier alpha value is -1.40. The minimum Gasteiger partial charge on any atom is -0.481 e. The summed E-state index contributed by atoms with van der Waals surface area (Å²) in [4.78, 5) is 19.9. The number of alkyl halides is 5. The van der Waals surface area contributed by atoms with Crippen LogP contribution in [0.3, 0.4) is 0 Å². The van der Waals surface area contributed by atoms with E-state index >= 15 is 0 Å². The van der Waals surface area contributed by atoms with E-state index in [-0.39, 0.29) is 11.4 Å². The fraction of sp³-hybridized carbons (Fsp3) is 0.857. The summed E-state index contributed by atoms with van der Waals surface area (Å²) in [5, 5.41) is 30.3. The van der Waals surface area contributed by atoms with Crippen molar-refractivity contribution in [3.63, 3.8) is 0 Å². The van der Waals surface area contributed by atoms with E-state index < -0.39 is 18.8 Å². The number of carboxylic acids is 1. The maximum Gasteiger partial charge on any atom is 0.411 e. The van der Waals surface area contributed by atoms with E-state index in [2.05, 4.69) is 9.47 Å². The van der Waals surface area contributed by atoms with Crippen LogP contribution in [0, 0.1) is 11.3 Å². The zero-order valence-electron chi connectivity index (χ0n) is 22.5. The van der Waals surface area contributed by atoms with Crippen LogP contribution in [0.4, 0.5) is 13.2 Å². The van der Waals surface area contributed by atoms with Crippen LogP contribution in [0.1, 0.15) is 40.5 Å². The Labute approximate surface area is 223 Å². The van der Waals surface area contributed by atoms with Crippen LogP contribution in [0.5, 0.6) is 0 Å². The maximum absolute atomic E-state index is 10.5. The van der Waals surface area contributed by atoms with Gasteiger partial charge in [0.25, 0.3) is 5.97 Å². The highest BCUT2D eigenvalue weighted by atomic mass is 35.5. The van der Waals surface area contributed by atoms with Gasteiger partial charge in [-0.1, -0.05) is 0 Å². The van der Waals surface area contributed by atoms with Crippen molar-refractivity contribution in [2.75, 3.05) is 66.7 Å². The van der Waals surface area contributed by atoms with E-state index in [0.29, 0.717) is 13.2 Å². The molecular formula is C21H45Cl2F3N2O8. The lowest BCUT2D eigenvalue weighted by Gasteiger charge is -1.95. The molecule has 15 heteroatoms. The molecule has 0 spiro atoms. The van der Waals surface area contributed by atoms with Crippen LogP contribution in [-0.4, -0.2) is 112 Å². The number of methoxy groups -OCH3 is 2. The van der Waals surface area contributed by atoms with Gasteiger partial charge < -0.3 is 34.4 Å². The summed E-state index contributed by atoms with van der Waals surface area (Å²) < 4.78 is 45.9. The quantitative estimate of drug-likeness (QED) is 0.256. The van der Waals surface area contributed by atoms with Crippen LogP contribution in [-0.2, 0) is 23.8 Å².